The number of esters is 2. The van der Waals surface area contributed by atoms with Gasteiger partial charge in [0.1, 0.15) is 0 Å². The van der Waals surface area contributed by atoms with E-state index in [2.05, 4.69) is 4.74 Å². The molecule has 0 saturated carbocycles. The highest BCUT2D eigenvalue weighted by molar-refractivity contribution is 5.96. The summed E-state index contributed by atoms with van der Waals surface area (Å²) >= 11 is 0. The Morgan fingerprint density at radius 1 is 1.35 bits per heavy atom. The Labute approximate surface area is 98.3 Å². The van der Waals surface area contributed by atoms with Crippen molar-refractivity contribution in [2.45, 2.75) is 19.8 Å². The third kappa shape index (κ3) is 3.55. The molecule has 0 spiro atoms. The predicted octanol–water partition coefficient (Wildman–Crippen LogP) is 2.32. The van der Waals surface area contributed by atoms with Gasteiger partial charge in [-0.3, -0.25) is 4.79 Å². The second-order valence-electron chi connectivity index (χ2n) is 3.36. The van der Waals surface area contributed by atoms with Gasteiger partial charge in [0.25, 0.3) is 0 Å². The molecule has 1 aromatic rings. The molecular formula is C12H13FO4. The topological polar surface area (TPSA) is 52.6 Å². The van der Waals surface area contributed by atoms with Crippen molar-refractivity contribution in [2.75, 3.05) is 7.11 Å². The molecule has 0 aliphatic rings. The Morgan fingerprint density at radius 3 is 2.59 bits per heavy atom. The summed E-state index contributed by atoms with van der Waals surface area (Å²) < 4.78 is 22.5. The molecule has 0 amide bonds. The van der Waals surface area contributed by atoms with Crippen molar-refractivity contribution in [3.63, 3.8) is 0 Å². The van der Waals surface area contributed by atoms with Gasteiger partial charge in [-0.1, -0.05) is 6.92 Å². The maximum absolute atomic E-state index is 13.3. The van der Waals surface area contributed by atoms with E-state index in [1.54, 1.807) is 6.92 Å². The minimum absolute atomic E-state index is 0.0206. The van der Waals surface area contributed by atoms with Crippen molar-refractivity contribution in [2.24, 2.45) is 0 Å². The number of carbonyl (C=O) groups is 2. The fourth-order valence-corrected chi connectivity index (χ4v) is 1.21. The largest absolute Gasteiger partial charge is 0.494 e. The van der Waals surface area contributed by atoms with Gasteiger partial charge < -0.3 is 9.47 Å². The Kier molecular flexibility index (Phi) is 4.63. The molecule has 0 radical (unpaired) electrons. The number of methoxy groups -OCH3 is 1. The van der Waals surface area contributed by atoms with Crippen LogP contribution in [0.3, 0.4) is 0 Å². The summed E-state index contributed by atoms with van der Waals surface area (Å²) in [6.45, 7) is 1.79. The van der Waals surface area contributed by atoms with Crippen LogP contribution in [0.1, 0.15) is 30.1 Å². The molecule has 92 valence electrons. The van der Waals surface area contributed by atoms with Crippen LogP contribution in [0, 0.1) is 5.82 Å². The van der Waals surface area contributed by atoms with E-state index in [1.807, 2.05) is 0 Å². The van der Waals surface area contributed by atoms with Crippen LogP contribution >= 0.6 is 0 Å². The zero-order chi connectivity index (χ0) is 12.8. The van der Waals surface area contributed by atoms with E-state index >= 15 is 0 Å². The van der Waals surface area contributed by atoms with E-state index in [4.69, 9.17) is 4.74 Å². The second kappa shape index (κ2) is 5.98. The predicted molar refractivity (Wildman–Crippen MR) is 58.3 cm³/mol. The first-order chi connectivity index (χ1) is 8.08. The van der Waals surface area contributed by atoms with E-state index in [-0.39, 0.29) is 17.7 Å². The molecule has 5 heteroatoms. The lowest BCUT2D eigenvalue weighted by atomic mass is 10.2. The molecule has 0 atom stereocenters. The number of rotatable bonds is 4. The second-order valence-corrected chi connectivity index (χ2v) is 3.36. The summed E-state index contributed by atoms with van der Waals surface area (Å²) in [4.78, 5) is 22.5. The highest BCUT2D eigenvalue weighted by Crippen LogP contribution is 2.18. The third-order valence-electron chi connectivity index (χ3n) is 2.05. The Hall–Kier alpha value is -1.91. The molecule has 4 nitrogen and oxygen atoms in total. The molecule has 0 unspecified atom stereocenters. The van der Waals surface area contributed by atoms with Crippen LogP contribution in [-0.2, 0) is 9.53 Å². The van der Waals surface area contributed by atoms with E-state index < -0.39 is 17.8 Å². The quantitative estimate of drug-likeness (QED) is 0.598. The molecule has 0 aromatic heterocycles. The fourth-order valence-electron chi connectivity index (χ4n) is 1.21. The van der Waals surface area contributed by atoms with Crippen LogP contribution in [0.15, 0.2) is 18.2 Å². The minimum atomic E-state index is -0.856. The maximum Gasteiger partial charge on any atom is 0.345 e. The van der Waals surface area contributed by atoms with Gasteiger partial charge in [-0.25, -0.2) is 9.18 Å². The normalized spacial score (nSPS) is 9.82. The van der Waals surface area contributed by atoms with E-state index in [1.165, 1.54) is 19.2 Å². The van der Waals surface area contributed by atoms with Crippen molar-refractivity contribution in [3.8, 4) is 5.75 Å². The standard InChI is InChI=1S/C12H13FO4/c1-3-4-11(14)17-12(15)8-5-6-10(16-2)9(13)7-8/h5-7H,3-4H2,1-2H3. The van der Waals surface area contributed by atoms with Crippen molar-refractivity contribution in [1.29, 1.82) is 0 Å². The first-order valence-electron chi connectivity index (χ1n) is 5.17. The first-order valence-corrected chi connectivity index (χ1v) is 5.17. The number of benzene rings is 1. The number of ether oxygens (including phenoxy) is 2. The van der Waals surface area contributed by atoms with Gasteiger partial charge >= 0.3 is 11.9 Å². The Bertz CT molecular complexity index is 429. The van der Waals surface area contributed by atoms with Gasteiger partial charge in [-0.05, 0) is 24.6 Å². The summed E-state index contributed by atoms with van der Waals surface area (Å²) in [5, 5.41) is 0. The van der Waals surface area contributed by atoms with Gasteiger partial charge in [0, 0.05) is 6.42 Å². The highest BCUT2D eigenvalue weighted by atomic mass is 19.1. The van der Waals surface area contributed by atoms with Gasteiger partial charge in [-0.15, -0.1) is 0 Å². The molecule has 1 rings (SSSR count). The molecule has 0 heterocycles. The lowest BCUT2D eigenvalue weighted by Crippen LogP contribution is -2.12. The number of halogens is 1. The van der Waals surface area contributed by atoms with Crippen molar-refractivity contribution >= 4 is 11.9 Å². The van der Waals surface area contributed by atoms with Crippen molar-refractivity contribution < 1.29 is 23.5 Å². The summed E-state index contributed by atoms with van der Waals surface area (Å²) in [5.74, 6) is -2.12. The molecule has 0 aliphatic carbocycles. The average Bonchev–Trinajstić information content (AvgIpc) is 2.29. The van der Waals surface area contributed by atoms with Gasteiger partial charge in [0.05, 0.1) is 12.7 Å². The lowest BCUT2D eigenvalue weighted by molar-refractivity contribution is -0.137. The maximum atomic E-state index is 13.3. The number of hydrogen-bond acceptors (Lipinski definition) is 4. The molecule has 1 aromatic carbocycles. The van der Waals surface area contributed by atoms with Crippen LogP contribution in [-0.4, -0.2) is 19.0 Å². The van der Waals surface area contributed by atoms with Crippen LogP contribution in [0.5, 0.6) is 5.75 Å². The Morgan fingerprint density at radius 2 is 2.06 bits per heavy atom. The van der Waals surface area contributed by atoms with E-state index in [0.717, 1.165) is 6.07 Å². The molecule has 17 heavy (non-hydrogen) atoms. The smallest absolute Gasteiger partial charge is 0.345 e. The fraction of sp³-hybridized carbons (Fsp3) is 0.333. The summed E-state index contributed by atoms with van der Waals surface area (Å²) in [6.07, 6.45) is 0.744. The van der Waals surface area contributed by atoms with Crippen molar-refractivity contribution in [1.82, 2.24) is 0 Å². The molecule has 0 saturated heterocycles. The zero-order valence-corrected chi connectivity index (χ0v) is 9.66. The average molecular weight is 240 g/mol. The van der Waals surface area contributed by atoms with E-state index in [0.29, 0.717) is 6.42 Å². The zero-order valence-electron chi connectivity index (χ0n) is 9.66. The summed E-state index contributed by atoms with van der Waals surface area (Å²) in [6, 6.07) is 3.61. The molecule has 0 fully saturated rings. The monoisotopic (exact) mass is 240 g/mol. The van der Waals surface area contributed by atoms with Crippen LogP contribution in [0.25, 0.3) is 0 Å². The van der Waals surface area contributed by atoms with Gasteiger partial charge in [-0.2, -0.15) is 0 Å². The molecule has 0 bridgehead atoms. The minimum Gasteiger partial charge on any atom is -0.494 e. The summed E-state index contributed by atoms with van der Waals surface area (Å²) in [5.41, 5.74) is -0.0206. The highest BCUT2D eigenvalue weighted by Gasteiger charge is 2.14. The van der Waals surface area contributed by atoms with E-state index in [9.17, 15) is 14.0 Å². The summed E-state index contributed by atoms with van der Waals surface area (Å²) in [7, 11) is 1.32. The third-order valence-corrected chi connectivity index (χ3v) is 2.05. The first kappa shape index (κ1) is 13.2. The molecule has 0 N–H and O–H groups in total. The van der Waals surface area contributed by atoms with Crippen molar-refractivity contribution in [3.05, 3.63) is 29.6 Å². The SMILES string of the molecule is CCCC(=O)OC(=O)c1ccc(OC)c(F)c1. The van der Waals surface area contributed by atoms with Crippen LogP contribution in [0.2, 0.25) is 0 Å². The van der Waals surface area contributed by atoms with Gasteiger partial charge in [0.2, 0.25) is 0 Å². The number of hydrogen-bond donors (Lipinski definition) is 0. The van der Waals surface area contributed by atoms with Crippen LogP contribution in [0.4, 0.5) is 4.39 Å². The van der Waals surface area contributed by atoms with Gasteiger partial charge in [0.15, 0.2) is 11.6 Å². The number of carbonyl (C=O) groups excluding carboxylic acids is 2. The van der Waals surface area contributed by atoms with Crippen LogP contribution < -0.4 is 4.74 Å². The molecule has 0 aliphatic heterocycles. The molecular weight excluding hydrogens is 227 g/mol. The lowest BCUT2D eigenvalue weighted by Gasteiger charge is -2.04. The Balaban J connectivity index is 2.76.